The molecule has 8 heteroatoms. The average molecular weight is 342 g/mol. The smallest absolute Gasteiger partial charge is 0.325 e. The average Bonchev–Trinajstić information content (AvgIpc) is 3.07. The van der Waals surface area contributed by atoms with Crippen molar-refractivity contribution in [2.75, 3.05) is 31.5 Å². The quantitative estimate of drug-likeness (QED) is 0.742. The van der Waals surface area contributed by atoms with Crippen LogP contribution < -0.4 is 10.6 Å². The second-order valence-corrected chi connectivity index (χ2v) is 6.64. The Kier molecular flexibility index (Phi) is 3.48. The van der Waals surface area contributed by atoms with E-state index in [1.165, 1.54) is 0 Å². The number of hydrogen-bond acceptors (Lipinski definition) is 4. The molecule has 2 N–H and O–H groups in total. The highest BCUT2D eigenvalue weighted by molar-refractivity contribution is 6.07. The minimum atomic E-state index is -0.748. The van der Waals surface area contributed by atoms with Gasteiger partial charge in [-0.05, 0) is 24.5 Å². The van der Waals surface area contributed by atoms with Crippen LogP contribution in [0, 0.1) is 0 Å². The maximum absolute atomic E-state index is 12.6. The van der Waals surface area contributed by atoms with E-state index < -0.39 is 17.4 Å². The topological polar surface area (TPSA) is 98.8 Å². The number of imide groups is 1. The van der Waals surface area contributed by atoms with E-state index in [4.69, 9.17) is 0 Å². The van der Waals surface area contributed by atoms with Gasteiger partial charge in [-0.3, -0.25) is 19.3 Å². The summed E-state index contributed by atoms with van der Waals surface area (Å²) in [6, 6.07) is 6.97. The maximum Gasteiger partial charge on any atom is 0.325 e. The van der Waals surface area contributed by atoms with Gasteiger partial charge in [-0.2, -0.15) is 0 Å². The van der Waals surface area contributed by atoms with Gasteiger partial charge in [0, 0.05) is 18.8 Å². The monoisotopic (exact) mass is 342 g/mol. The van der Waals surface area contributed by atoms with Gasteiger partial charge >= 0.3 is 6.03 Å². The Morgan fingerprint density at radius 1 is 1.20 bits per heavy atom. The first-order chi connectivity index (χ1) is 12.0. The summed E-state index contributed by atoms with van der Waals surface area (Å²) in [5, 5.41) is 5.30. The van der Waals surface area contributed by atoms with Gasteiger partial charge in [0.1, 0.15) is 6.54 Å². The Morgan fingerprint density at radius 3 is 2.76 bits per heavy atom. The standard InChI is InChI=1S/C17H18N4O4/c22-13-8-18-16(25)21(13)9-14(23)20-7-3-6-17(10-20)11-4-1-2-5-12(11)19-15(17)24/h1-2,4-5H,3,6-10H2,(H,18,25)(H,19,24)/t17-/m0/s1. The van der Waals surface area contributed by atoms with Crippen molar-refractivity contribution in [3.8, 4) is 0 Å². The van der Waals surface area contributed by atoms with E-state index in [1.807, 2.05) is 24.3 Å². The molecule has 1 aromatic rings. The van der Waals surface area contributed by atoms with Crippen molar-refractivity contribution in [3.63, 3.8) is 0 Å². The minimum absolute atomic E-state index is 0.0775. The molecule has 0 aliphatic carbocycles. The molecule has 8 nitrogen and oxygen atoms in total. The number of piperidine rings is 1. The van der Waals surface area contributed by atoms with Crippen molar-refractivity contribution in [2.24, 2.45) is 0 Å². The second kappa shape index (κ2) is 5.58. The molecule has 0 saturated carbocycles. The van der Waals surface area contributed by atoms with Crippen LogP contribution >= 0.6 is 0 Å². The highest BCUT2D eigenvalue weighted by Crippen LogP contribution is 2.43. The highest BCUT2D eigenvalue weighted by atomic mass is 16.2. The number of nitrogens with one attached hydrogen (secondary N) is 2. The van der Waals surface area contributed by atoms with E-state index in [9.17, 15) is 19.2 Å². The van der Waals surface area contributed by atoms with Crippen molar-refractivity contribution in [1.29, 1.82) is 0 Å². The Bertz CT molecular complexity index is 777. The second-order valence-electron chi connectivity index (χ2n) is 6.64. The lowest BCUT2D eigenvalue weighted by molar-refractivity contribution is -0.139. The number of amides is 5. The largest absolute Gasteiger partial charge is 0.340 e. The molecule has 3 aliphatic rings. The molecule has 0 bridgehead atoms. The highest BCUT2D eigenvalue weighted by Gasteiger charge is 2.50. The Balaban J connectivity index is 1.55. The number of anilines is 1. The normalized spacial score (nSPS) is 25.2. The lowest BCUT2D eigenvalue weighted by Crippen LogP contribution is -2.54. The molecule has 3 heterocycles. The van der Waals surface area contributed by atoms with Gasteiger partial charge in [0.15, 0.2) is 0 Å². The van der Waals surface area contributed by atoms with E-state index in [0.717, 1.165) is 16.2 Å². The van der Waals surface area contributed by atoms with Crippen LogP contribution in [0.4, 0.5) is 10.5 Å². The van der Waals surface area contributed by atoms with E-state index in [2.05, 4.69) is 10.6 Å². The molecule has 5 amide bonds. The van der Waals surface area contributed by atoms with Gasteiger partial charge in [0.25, 0.3) is 5.91 Å². The summed E-state index contributed by atoms with van der Waals surface area (Å²) in [5.41, 5.74) is 0.949. The summed E-state index contributed by atoms with van der Waals surface area (Å²) in [6.45, 7) is 0.411. The molecule has 0 radical (unpaired) electrons. The molecule has 0 aromatic heterocycles. The molecule has 4 rings (SSSR count). The fourth-order valence-corrected chi connectivity index (χ4v) is 3.90. The molecule has 0 unspecified atom stereocenters. The van der Waals surface area contributed by atoms with Crippen molar-refractivity contribution >= 4 is 29.4 Å². The van der Waals surface area contributed by atoms with Crippen molar-refractivity contribution in [1.82, 2.24) is 15.1 Å². The maximum atomic E-state index is 12.6. The first-order valence-electron chi connectivity index (χ1n) is 8.28. The van der Waals surface area contributed by atoms with E-state index >= 15 is 0 Å². The molecule has 3 aliphatic heterocycles. The lowest BCUT2D eigenvalue weighted by Gasteiger charge is -2.39. The molecular weight excluding hydrogens is 324 g/mol. The number of hydrogen-bond donors (Lipinski definition) is 2. The molecular formula is C17H18N4O4. The Labute approximate surface area is 144 Å². The number of urea groups is 1. The van der Waals surface area contributed by atoms with Crippen LogP contribution in [0.2, 0.25) is 0 Å². The number of nitrogens with zero attached hydrogens (tertiary/aromatic N) is 2. The van der Waals surface area contributed by atoms with E-state index in [-0.39, 0.29) is 31.4 Å². The first-order valence-corrected chi connectivity index (χ1v) is 8.28. The number of benzene rings is 1. The lowest BCUT2D eigenvalue weighted by atomic mass is 9.75. The molecule has 1 aromatic carbocycles. The summed E-state index contributed by atoms with van der Waals surface area (Å²) in [5.74, 6) is -0.822. The predicted octanol–water partition coefficient (Wildman–Crippen LogP) is 0.0507. The zero-order valence-corrected chi connectivity index (χ0v) is 13.6. The van der Waals surface area contributed by atoms with Crippen LogP contribution in [0.15, 0.2) is 24.3 Å². The van der Waals surface area contributed by atoms with Crippen LogP contribution in [0.25, 0.3) is 0 Å². The summed E-state index contributed by atoms with van der Waals surface area (Å²) in [7, 11) is 0. The number of rotatable bonds is 2. The summed E-state index contributed by atoms with van der Waals surface area (Å²) in [6.07, 6.45) is 1.36. The van der Waals surface area contributed by atoms with Crippen LogP contribution in [0.5, 0.6) is 0 Å². The third kappa shape index (κ3) is 2.36. The molecule has 2 saturated heterocycles. The van der Waals surface area contributed by atoms with Gasteiger partial charge in [-0.25, -0.2) is 4.79 Å². The molecule has 1 spiro atoms. The summed E-state index contributed by atoms with van der Waals surface area (Å²) >= 11 is 0. The molecule has 25 heavy (non-hydrogen) atoms. The number of likely N-dealkylation sites (tertiary alicyclic amines) is 1. The summed E-state index contributed by atoms with van der Waals surface area (Å²) in [4.78, 5) is 51.1. The van der Waals surface area contributed by atoms with Gasteiger partial charge < -0.3 is 15.5 Å². The van der Waals surface area contributed by atoms with E-state index in [0.29, 0.717) is 19.4 Å². The van der Waals surface area contributed by atoms with Crippen LogP contribution in [0.1, 0.15) is 18.4 Å². The number of carbonyl (C=O) groups excluding carboxylic acids is 4. The van der Waals surface area contributed by atoms with Gasteiger partial charge in [-0.1, -0.05) is 18.2 Å². The fraction of sp³-hybridized carbons (Fsp3) is 0.412. The van der Waals surface area contributed by atoms with Crippen molar-refractivity contribution in [2.45, 2.75) is 18.3 Å². The summed E-state index contributed by atoms with van der Waals surface area (Å²) < 4.78 is 0. The molecule has 2 fully saturated rings. The SMILES string of the molecule is O=C(CN1C(=O)CNC1=O)N1CCC[C@@]2(C1)C(=O)Nc1ccccc12. The zero-order valence-electron chi connectivity index (χ0n) is 13.6. The van der Waals surface area contributed by atoms with Crippen LogP contribution in [0.3, 0.4) is 0 Å². The number of para-hydroxylation sites is 1. The van der Waals surface area contributed by atoms with Crippen molar-refractivity contribution < 1.29 is 19.2 Å². The molecule has 130 valence electrons. The van der Waals surface area contributed by atoms with Crippen molar-refractivity contribution in [3.05, 3.63) is 29.8 Å². The number of fused-ring (bicyclic) bond motifs is 2. The third-order valence-corrected chi connectivity index (χ3v) is 5.20. The van der Waals surface area contributed by atoms with Gasteiger partial charge in [0.05, 0.1) is 12.0 Å². The molecule has 1 atom stereocenters. The van der Waals surface area contributed by atoms with Crippen LogP contribution in [-0.4, -0.2) is 59.7 Å². The fourth-order valence-electron chi connectivity index (χ4n) is 3.90. The third-order valence-electron chi connectivity index (χ3n) is 5.20. The van der Waals surface area contributed by atoms with E-state index in [1.54, 1.807) is 4.90 Å². The first kappa shape index (κ1) is 15.6. The van der Waals surface area contributed by atoms with Gasteiger partial charge in [0.2, 0.25) is 11.8 Å². The van der Waals surface area contributed by atoms with Crippen LogP contribution in [-0.2, 0) is 19.8 Å². The number of carbonyl (C=O) groups is 4. The minimum Gasteiger partial charge on any atom is -0.340 e. The Morgan fingerprint density at radius 2 is 2.00 bits per heavy atom. The van der Waals surface area contributed by atoms with Gasteiger partial charge in [-0.15, -0.1) is 0 Å². The predicted molar refractivity (Wildman–Crippen MR) is 87.7 cm³/mol. The Hall–Kier alpha value is -2.90. The zero-order chi connectivity index (χ0) is 17.6.